The van der Waals surface area contributed by atoms with Gasteiger partial charge in [-0.2, -0.15) is 0 Å². The Hall–Kier alpha value is -2.07. The second-order valence-corrected chi connectivity index (χ2v) is 5.29. The van der Waals surface area contributed by atoms with Crippen LogP contribution in [0.15, 0.2) is 48.0 Å². The van der Waals surface area contributed by atoms with E-state index in [1.807, 2.05) is 35.8 Å². The van der Waals surface area contributed by atoms with Crippen molar-refractivity contribution in [2.75, 3.05) is 6.54 Å². The van der Waals surface area contributed by atoms with Gasteiger partial charge in [0, 0.05) is 23.6 Å². The zero-order valence-corrected chi connectivity index (χ0v) is 11.2. The Morgan fingerprint density at radius 1 is 1.21 bits per heavy atom. The first-order valence-electron chi connectivity index (χ1n) is 6.21. The number of benzene rings is 1. The van der Waals surface area contributed by atoms with Gasteiger partial charge < -0.3 is 10.3 Å². The van der Waals surface area contributed by atoms with Gasteiger partial charge in [0.15, 0.2) is 0 Å². The highest BCUT2D eigenvalue weighted by atomic mass is 32.1. The molecule has 0 bridgehead atoms. The van der Waals surface area contributed by atoms with Gasteiger partial charge in [0.25, 0.3) is 5.91 Å². The van der Waals surface area contributed by atoms with Crippen molar-refractivity contribution in [3.63, 3.8) is 0 Å². The summed E-state index contributed by atoms with van der Waals surface area (Å²) in [6.45, 7) is 0.651. The number of carbonyl (C=O) groups is 1. The Morgan fingerprint density at radius 2 is 2.11 bits per heavy atom. The van der Waals surface area contributed by atoms with E-state index in [0.717, 1.165) is 16.8 Å². The van der Waals surface area contributed by atoms with Gasteiger partial charge in [0.05, 0.1) is 4.88 Å². The average molecular weight is 270 g/mol. The van der Waals surface area contributed by atoms with E-state index in [9.17, 15) is 4.79 Å². The van der Waals surface area contributed by atoms with E-state index < -0.39 is 0 Å². The van der Waals surface area contributed by atoms with Crippen LogP contribution in [0.3, 0.4) is 0 Å². The number of thiophene rings is 1. The van der Waals surface area contributed by atoms with Crippen LogP contribution in [0.2, 0.25) is 0 Å². The molecule has 0 saturated carbocycles. The van der Waals surface area contributed by atoms with E-state index in [2.05, 4.69) is 22.4 Å². The van der Waals surface area contributed by atoms with Crippen molar-refractivity contribution < 1.29 is 4.79 Å². The molecule has 0 aliphatic heterocycles. The Morgan fingerprint density at radius 3 is 2.95 bits per heavy atom. The van der Waals surface area contributed by atoms with Crippen LogP contribution in [0.1, 0.15) is 15.2 Å². The van der Waals surface area contributed by atoms with E-state index in [-0.39, 0.29) is 5.91 Å². The van der Waals surface area contributed by atoms with Crippen molar-refractivity contribution in [3.05, 3.63) is 58.4 Å². The summed E-state index contributed by atoms with van der Waals surface area (Å²) in [5.41, 5.74) is 2.38. The number of para-hydroxylation sites is 1. The first-order chi connectivity index (χ1) is 9.34. The first-order valence-corrected chi connectivity index (χ1v) is 7.09. The van der Waals surface area contributed by atoms with Gasteiger partial charge in [-0.3, -0.25) is 4.79 Å². The molecule has 3 nitrogen and oxygen atoms in total. The lowest BCUT2D eigenvalue weighted by atomic mass is 10.1. The number of nitrogens with one attached hydrogen (secondary N) is 2. The summed E-state index contributed by atoms with van der Waals surface area (Å²) >= 11 is 1.46. The van der Waals surface area contributed by atoms with Crippen LogP contribution in [-0.2, 0) is 6.42 Å². The molecule has 0 fully saturated rings. The maximum Gasteiger partial charge on any atom is 0.261 e. The molecule has 2 heterocycles. The molecular formula is C15H14N2OS. The maximum atomic E-state index is 11.8. The molecule has 2 N–H and O–H groups in total. The summed E-state index contributed by atoms with van der Waals surface area (Å²) in [7, 11) is 0. The van der Waals surface area contributed by atoms with Crippen LogP contribution in [0.5, 0.6) is 0 Å². The molecule has 19 heavy (non-hydrogen) atoms. The fourth-order valence-corrected chi connectivity index (χ4v) is 2.78. The predicted molar refractivity (Wildman–Crippen MR) is 78.7 cm³/mol. The smallest absolute Gasteiger partial charge is 0.261 e. The lowest BCUT2D eigenvalue weighted by Gasteiger charge is -2.02. The lowest BCUT2D eigenvalue weighted by molar-refractivity contribution is 0.0958. The second kappa shape index (κ2) is 5.28. The number of hydrogen-bond acceptors (Lipinski definition) is 2. The first kappa shape index (κ1) is 12.0. The van der Waals surface area contributed by atoms with Gasteiger partial charge in [-0.15, -0.1) is 11.3 Å². The third-order valence-electron chi connectivity index (χ3n) is 3.10. The van der Waals surface area contributed by atoms with Gasteiger partial charge in [-0.25, -0.2) is 0 Å². The van der Waals surface area contributed by atoms with Crippen molar-refractivity contribution in [3.8, 4) is 0 Å². The zero-order chi connectivity index (χ0) is 13.1. The summed E-state index contributed by atoms with van der Waals surface area (Å²) in [6, 6.07) is 11.9. The number of H-pyrrole nitrogens is 1. The van der Waals surface area contributed by atoms with Crippen LogP contribution in [0.4, 0.5) is 0 Å². The number of aromatic nitrogens is 1. The van der Waals surface area contributed by atoms with Crippen molar-refractivity contribution in [1.82, 2.24) is 10.3 Å². The van der Waals surface area contributed by atoms with Crippen LogP contribution < -0.4 is 5.32 Å². The number of fused-ring (bicyclic) bond motifs is 1. The Labute approximate surface area is 115 Å². The van der Waals surface area contributed by atoms with Crippen LogP contribution in [-0.4, -0.2) is 17.4 Å². The molecule has 0 atom stereocenters. The van der Waals surface area contributed by atoms with Crippen molar-refractivity contribution in [2.24, 2.45) is 0 Å². The van der Waals surface area contributed by atoms with E-state index >= 15 is 0 Å². The molecule has 3 aromatic rings. The van der Waals surface area contributed by atoms with Crippen LogP contribution >= 0.6 is 11.3 Å². The molecule has 0 aliphatic rings. The maximum absolute atomic E-state index is 11.8. The van der Waals surface area contributed by atoms with E-state index in [1.54, 1.807) is 0 Å². The Bertz CT molecular complexity index is 685. The third-order valence-corrected chi connectivity index (χ3v) is 3.97. The minimum Gasteiger partial charge on any atom is -0.361 e. The SMILES string of the molecule is O=C(NCCc1c[nH]c2ccccc12)c1cccs1. The zero-order valence-electron chi connectivity index (χ0n) is 10.3. The third kappa shape index (κ3) is 2.53. The normalized spacial score (nSPS) is 10.7. The number of rotatable bonds is 4. The number of amides is 1. The lowest BCUT2D eigenvalue weighted by Crippen LogP contribution is -2.24. The highest BCUT2D eigenvalue weighted by Crippen LogP contribution is 2.17. The molecule has 2 aromatic heterocycles. The van der Waals surface area contributed by atoms with E-state index in [0.29, 0.717) is 6.54 Å². The molecule has 0 radical (unpaired) electrons. The summed E-state index contributed by atoms with van der Waals surface area (Å²) in [4.78, 5) is 15.8. The topological polar surface area (TPSA) is 44.9 Å². The molecule has 1 amide bonds. The van der Waals surface area contributed by atoms with Gasteiger partial charge >= 0.3 is 0 Å². The van der Waals surface area contributed by atoms with Gasteiger partial charge in [0.1, 0.15) is 0 Å². The highest BCUT2D eigenvalue weighted by molar-refractivity contribution is 7.12. The molecule has 0 saturated heterocycles. The van der Waals surface area contributed by atoms with Crippen molar-refractivity contribution in [1.29, 1.82) is 0 Å². The predicted octanol–water partition coefficient (Wildman–Crippen LogP) is 3.20. The highest BCUT2D eigenvalue weighted by Gasteiger charge is 2.06. The van der Waals surface area contributed by atoms with Crippen LogP contribution in [0.25, 0.3) is 10.9 Å². The summed E-state index contributed by atoms with van der Waals surface area (Å²) in [6.07, 6.45) is 2.85. The van der Waals surface area contributed by atoms with Crippen LogP contribution in [0, 0.1) is 0 Å². The molecule has 4 heteroatoms. The van der Waals surface area contributed by atoms with Crippen molar-refractivity contribution >= 4 is 28.1 Å². The molecule has 0 spiro atoms. The fourth-order valence-electron chi connectivity index (χ4n) is 2.14. The van der Waals surface area contributed by atoms with E-state index in [4.69, 9.17) is 0 Å². The monoisotopic (exact) mass is 270 g/mol. The number of hydrogen-bond donors (Lipinski definition) is 2. The minimum absolute atomic E-state index is 0.00911. The minimum atomic E-state index is 0.00911. The second-order valence-electron chi connectivity index (χ2n) is 4.34. The summed E-state index contributed by atoms with van der Waals surface area (Å²) in [5, 5.41) is 6.09. The molecular weight excluding hydrogens is 256 g/mol. The van der Waals surface area contributed by atoms with E-state index in [1.165, 1.54) is 22.3 Å². The number of carbonyl (C=O) groups excluding carboxylic acids is 1. The summed E-state index contributed by atoms with van der Waals surface area (Å²) in [5.74, 6) is 0.00911. The molecule has 96 valence electrons. The summed E-state index contributed by atoms with van der Waals surface area (Å²) < 4.78 is 0. The molecule has 0 aliphatic carbocycles. The Balaban J connectivity index is 1.62. The molecule has 3 rings (SSSR count). The van der Waals surface area contributed by atoms with Gasteiger partial charge in [-0.1, -0.05) is 24.3 Å². The van der Waals surface area contributed by atoms with Gasteiger partial charge in [0.2, 0.25) is 0 Å². The fraction of sp³-hybridized carbons (Fsp3) is 0.133. The van der Waals surface area contributed by atoms with Gasteiger partial charge in [-0.05, 0) is 29.5 Å². The quantitative estimate of drug-likeness (QED) is 0.751. The average Bonchev–Trinajstić information content (AvgIpc) is 3.08. The largest absolute Gasteiger partial charge is 0.361 e. The molecule has 1 aromatic carbocycles. The van der Waals surface area contributed by atoms with Crippen molar-refractivity contribution in [2.45, 2.75) is 6.42 Å². The number of aromatic amines is 1. The Kier molecular flexibility index (Phi) is 3.33. The molecule has 0 unspecified atom stereocenters. The standard InChI is InChI=1S/C15H14N2OS/c18-15(14-6-3-9-19-14)16-8-7-11-10-17-13-5-2-1-4-12(11)13/h1-6,9-10,17H,7-8H2,(H,16,18).